The summed E-state index contributed by atoms with van der Waals surface area (Å²) in [5.41, 5.74) is 8.97. The zero-order valence-electron chi connectivity index (χ0n) is 52.6. The van der Waals surface area contributed by atoms with Crippen LogP contribution in [0.3, 0.4) is 0 Å². The van der Waals surface area contributed by atoms with E-state index in [4.69, 9.17) is 9.72 Å². The average Bonchev–Trinajstić information content (AvgIpc) is 1.00. The molecule has 0 unspecified atom stereocenters. The SMILES string of the molecule is [2H]c1c([2H])c2c(c([2H])c1C1=CN3B(C=C1)C=CC(c1c([2H])c([2H])c4c(c1[2H])C(C)(C)CCC4(C)C)=C3N1[CH-]N(c3[c-]c(Oc4[c-]c5c(cc4)c4ccccc4n5-c4cc(C(C)(C)C)ccn4)ccc3)c3ccccc31)C(C)(C)CCC2(C)C.[Pt]. The molecule has 0 N–H and O–H groups in total. The van der Waals surface area contributed by atoms with Crippen molar-refractivity contribution >= 4 is 56.9 Å². The molecule has 13 rings (SSSR count). The van der Waals surface area contributed by atoms with Gasteiger partial charge in [-0.2, -0.15) is 12.1 Å². The van der Waals surface area contributed by atoms with Gasteiger partial charge in [-0.05, 0) is 133 Å². The summed E-state index contributed by atoms with van der Waals surface area (Å²) in [7, 11) is 0. The Balaban J connectivity index is 0.00000694. The quantitative estimate of drug-likeness (QED) is 0.117. The average molecular weight is 1210 g/mol. The summed E-state index contributed by atoms with van der Waals surface area (Å²) in [6.07, 6.45) is 11.3. The molecule has 78 heavy (non-hydrogen) atoms. The number of hydrogen-bond acceptors (Lipinski definition) is 5. The minimum absolute atomic E-state index is 0. The Hall–Kier alpha value is -6.82. The van der Waals surface area contributed by atoms with Crippen molar-refractivity contribution in [2.45, 2.75) is 129 Å². The minimum Gasteiger partial charge on any atom is -0.509 e. The van der Waals surface area contributed by atoms with Gasteiger partial charge in [0.05, 0.1) is 14.0 Å². The summed E-state index contributed by atoms with van der Waals surface area (Å²) in [5.74, 6) is 6.58. The van der Waals surface area contributed by atoms with E-state index < -0.39 is 10.8 Å². The topological polar surface area (TPSA) is 36.8 Å². The molecule has 0 bridgehead atoms. The van der Waals surface area contributed by atoms with Gasteiger partial charge in [0.2, 0.25) is 0 Å². The molecule has 8 aromatic rings. The molecule has 2 aromatic heterocycles. The zero-order chi connectivity index (χ0) is 58.6. The Bertz CT molecular complexity index is 4220. The molecule has 2 aliphatic carbocycles. The largest absolute Gasteiger partial charge is 0.509 e. The number of allylic oxidation sites excluding steroid dienone is 4. The van der Waals surface area contributed by atoms with Gasteiger partial charge >= 0.3 is 6.85 Å². The van der Waals surface area contributed by atoms with Gasteiger partial charge in [-0.1, -0.05) is 172 Å². The molecule has 0 saturated heterocycles. The van der Waals surface area contributed by atoms with E-state index in [9.17, 15) is 8.22 Å². The van der Waals surface area contributed by atoms with Crippen molar-refractivity contribution in [1.29, 1.82) is 0 Å². The van der Waals surface area contributed by atoms with Crippen molar-refractivity contribution in [3.05, 3.63) is 227 Å². The van der Waals surface area contributed by atoms with Crippen molar-refractivity contribution in [3.8, 4) is 17.3 Å². The van der Waals surface area contributed by atoms with Crippen molar-refractivity contribution in [2.24, 2.45) is 0 Å². The number of fused-ring (bicyclic) bond motifs is 7. The van der Waals surface area contributed by atoms with E-state index in [1.807, 2.05) is 73.7 Å². The molecule has 396 valence electrons. The Morgan fingerprint density at radius 2 is 1.26 bits per heavy atom. The van der Waals surface area contributed by atoms with E-state index in [1.165, 1.54) is 5.56 Å². The molecular weight excluding hydrogens is 1130 g/mol. The second kappa shape index (κ2) is 18.7. The first kappa shape index (κ1) is 45.1. The number of ether oxygens (including phenoxy) is 1. The minimum atomic E-state index is -0.427. The number of benzene rings is 6. The van der Waals surface area contributed by atoms with Crippen molar-refractivity contribution in [2.75, 3.05) is 9.80 Å². The van der Waals surface area contributed by atoms with E-state index >= 15 is 0 Å². The number of anilines is 3. The van der Waals surface area contributed by atoms with E-state index in [0.29, 0.717) is 45.3 Å². The van der Waals surface area contributed by atoms with Crippen LogP contribution in [-0.4, -0.2) is 21.2 Å². The third-order valence-electron chi connectivity index (χ3n) is 17.1. The summed E-state index contributed by atoms with van der Waals surface area (Å²) in [5, 5.41) is 2.12. The number of hydrogen-bond donors (Lipinski definition) is 0. The number of pyridine rings is 1. The maximum atomic E-state index is 10.3. The molecule has 0 radical (unpaired) electrons. The zero-order valence-corrected chi connectivity index (χ0v) is 48.8. The molecule has 3 aliphatic heterocycles. The predicted octanol–water partition coefficient (Wildman–Crippen LogP) is 17.6. The Labute approximate surface area is 486 Å². The molecule has 0 fully saturated rings. The molecule has 6 nitrogen and oxygen atoms in total. The summed E-state index contributed by atoms with van der Waals surface area (Å²) in [4.78, 5) is 11.2. The van der Waals surface area contributed by atoms with Crippen LogP contribution < -0.4 is 14.5 Å². The molecule has 0 spiro atoms. The van der Waals surface area contributed by atoms with Crippen LogP contribution in [0, 0.1) is 18.8 Å². The van der Waals surface area contributed by atoms with Crippen LogP contribution >= 0.6 is 0 Å². The van der Waals surface area contributed by atoms with Crippen LogP contribution in [0.1, 0.15) is 149 Å². The first-order valence-electron chi connectivity index (χ1n) is 30.3. The molecule has 0 amide bonds. The molecule has 6 aromatic carbocycles. The van der Waals surface area contributed by atoms with Crippen molar-refractivity contribution in [3.63, 3.8) is 0 Å². The second-order valence-corrected chi connectivity index (χ2v) is 25.4. The van der Waals surface area contributed by atoms with E-state index in [-0.39, 0.29) is 80.4 Å². The van der Waals surface area contributed by atoms with E-state index in [2.05, 4.69) is 168 Å². The summed E-state index contributed by atoms with van der Waals surface area (Å²) >= 11 is 0. The van der Waals surface area contributed by atoms with Crippen molar-refractivity contribution < 1.29 is 34.0 Å². The Kier molecular flexibility index (Phi) is 10.8. The van der Waals surface area contributed by atoms with Crippen LogP contribution in [0.15, 0.2) is 170 Å². The van der Waals surface area contributed by atoms with E-state index in [1.54, 1.807) is 0 Å². The molecule has 0 atom stereocenters. The second-order valence-electron chi connectivity index (χ2n) is 25.4. The van der Waals surface area contributed by atoms with Crippen LogP contribution in [0.25, 0.3) is 38.8 Å². The number of aromatic nitrogens is 2. The number of nitrogens with zero attached hydrogens (tertiary/aromatic N) is 5. The Morgan fingerprint density at radius 3 is 1.96 bits per heavy atom. The molecule has 8 heteroatoms. The van der Waals surface area contributed by atoms with Gasteiger partial charge < -0.3 is 23.9 Å². The third kappa shape index (κ3) is 8.71. The van der Waals surface area contributed by atoms with Crippen LogP contribution in [0.5, 0.6) is 11.5 Å². The van der Waals surface area contributed by atoms with Crippen LogP contribution in [0.2, 0.25) is 0 Å². The summed E-state index contributed by atoms with van der Waals surface area (Å²) in [6, 6.07) is 38.7. The van der Waals surface area contributed by atoms with Gasteiger partial charge in [0.15, 0.2) is 0 Å². The van der Waals surface area contributed by atoms with Gasteiger partial charge in [-0.15, -0.1) is 48.1 Å². The molecule has 5 heterocycles. The molecular formula is C70H69BN5OPt-3. The van der Waals surface area contributed by atoms with Crippen molar-refractivity contribution in [1.82, 2.24) is 14.4 Å². The standard InChI is InChI=1S/C70H69BN5O.Pt/c1-66(2,3)49-31-38-72-64(41-49)76-60-20-13-12-19-54(60)55-26-25-52(43-63(55)76)77-51-18-16-17-50(42-51)73-45-74(62-22-15-14-21-61(62)73)65-53(47-24-28-57-59(40-47)70(10,11)35-33-68(57,6)7)30-37-71-36-29-48(44-75(65)71)46-23-27-56-58(39-46)69(8,9)34-32-67(56,4)5;/h12-31,36-41,44-45H,32-35H2,1-11H3;/q-3;/i23D,24D,27D,28D,39D,40D;. The van der Waals surface area contributed by atoms with Gasteiger partial charge in [0, 0.05) is 67.4 Å². The predicted molar refractivity (Wildman–Crippen MR) is 321 cm³/mol. The van der Waals surface area contributed by atoms with Gasteiger partial charge in [0.1, 0.15) is 5.82 Å². The first-order valence-corrected chi connectivity index (χ1v) is 27.3. The number of rotatable bonds is 7. The fourth-order valence-corrected chi connectivity index (χ4v) is 12.2. The first-order chi connectivity index (χ1) is 39.3. The summed E-state index contributed by atoms with van der Waals surface area (Å²) in [6.45, 7) is 25.5. The maximum absolute atomic E-state index is 10.3. The molecule has 0 saturated carbocycles. The van der Waals surface area contributed by atoms with Crippen LogP contribution in [-0.2, 0) is 48.1 Å². The van der Waals surface area contributed by atoms with E-state index in [0.717, 1.165) is 86.9 Å². The monoisotopic (exact) mass is 1210 g/mol. The Morgan fingerprint density at radius 1 is 0.641 bits per heavy atom. The third-order valence-corrected chi connectivity index (χ3v) is 17.1. The van der Waals surface area contributed by atoms with Gasteiger partial charge in [0.25, 0.3) is 0 Å². The van der Waals surface area contributed by atoms with Gasteiger partial charge in [-0.3, -0.25) is 0 Å². The van der Waals surface area contributed by atoms with Crippen LogP contribution in [0.4, 0.5) is 17.1 Å². The normalized spacial score (nSPS) is 19.7. The fraction of sp³-hybridized carbons (Fsp3) is 0.286. The maximum Gasteiger partial charge on any atom is 0.314 e. The summed E-state index contributed by atoms with van der Waals surface area (Å²) < 4.78 is 68.2. The smallest absolute Gasteiger partial charge is 0.314 e. The molecule has 5 aliphatic rings. The van der Waals surface area contributed by atoms with Gasteiger partial charge in [-0.25, -0.2) is 4.98 Å². The fourth-order valence-electron chi connectivity index (χ4n) is 12.2. The number of para-hydroxylation sites is 3.